The number of aromatic nitrogens is 1. The van der Waals surface area contributed by atoms with Crippen molar-refractivity contribution in [3.63, 3.8) is 0 Å². The normalized spacial score (nSPS) is 12.5. The number of hydrogen-bond acceptors (Lipinski definition) is 4. The predicted molar refractivity (Wildman–Crippen MR) is 60.5 cm³/mol. The van der Waals surface area contributed by atoms with Gasteiger partial charge >= 0.3 is 5.97 Å². The van der Waals surface area contributed by atoms with Crippen LogP contribution in [0.5, 0.6) is 0 Å². The number of rotatable bonds is 5. The van der Waals surface area contributed by atoms with Gasteiger partial charge < -0.3 is 9.26 Å². The number of esters is 1. The highest BCUT2D eigenvalue weighted by atomic mass is 16.5. The Bertz CT molecular complexity index is 357. The molecule has 0 aromatic carbocycles. The minimum absolute atomic E-state index is 0.250. The highest BCUT2D eigenvalue weighted by molar-refractivity contribution is 5.91. The SMILES string of the molecule is CCCC(CC)c1onc(C)c1C(=O)OC. The van der Waals surface area contributed by atoms with Crippen LogP contribution >= 0.6 is 0 Å². The first-order valence-electron chi connectivity index (χ1n) is 5.70. The summed E-state index contributed by atoms with van der Waals surface area (Å²) in [6.07, 6.45) is 2.99. The maximum atomic E-state index is 11.6. The second kappa shape index (κ2) is 5.68. The molecular formula is C12H19NO3. The molecule has 0 aliphatic carbocycles. The van der Waals surface area contributed by atoms with Crippen molar-refractivity contribution in [3.8, 4) is 0 Å². The van der Waals surface area contributed by atoms with Gasteiger partial charge in [-0.1, -0.05) is 25.4 Å². The Hall–Kier alpha value is -1.32. The number of carbonyl (C=O) groups excluding carboxylic acids is 1. The van der Waals surface area contributed by atoms with E-state index in [1.165, 1.54) is 7.11 Å². The molecule has 90 valence electrons. The van der Waals surface area contributed by atoms with Gasteiger partial charge in [-0.05, 0) is 19.8 Å². The van der Waals surface area contributed by atoms with Crippen molar-refractivity contribution in [1.82, 2.24) is 5.16 Å². The molecule has 0 spiro atoms. The number of ether oxygens (including phenoxy) is 1. The molecule has 0 N–H and O–H groups in total. The fourth-order valence-electron chi connectivity index (χ4n) is 1.89. The minimum Gasteiger partial charge on any atom is -0.465 e. The first-order chi connectivity index (χ1) is 7.65. The highest BCUT2D eigenvalue weighted by Gasteiger charge is 2.26. The van der Waals surface area contributed by atoms with Crippen molar-refractivity contribution in [2.24, 2.45) is 0 Å². The van der Waals surface area contributed by atoms with E-state index in [0.29, 0.717) is 17.0 Å². The summed E-state index contributed by atoms with van der Waals surface area (Å²) in [4.78, 5) is 11.6. The average molecular weight is 225 g/mol. The van der Waals surface area contributed by atoms with Crippen molar-refractivity contribution >= 4 is 5.97 Å². The maximum Gasteiger partial charge on any atom is 0.343 e. The van der Waals surface area contributed by atoms with Crippen molar-refractivity contribution in [1.29, 1.82) is 0 Å². The molecule has 0 aliphatic heterocycles. The molecule has 0 bridgehead atoms. The standard InChI is InChI=1S/C12H19NO3/c1-5-7-9(6-2)11-10(12(14)15-4)8(3)13-16-11/h9H,5-7H2,1-4H3. The van der Waals surface area contributed by atoms with Crippen molar-refractivity contribution < 1.29 is 14.1 Å². The molecule has 0 amide bonds. The van der Waals surface area contributed by atoms with Gasteiger partial charge in [0.2, 0.25) is 0 Å². The van der Waals surface area contributed by atoms with Crippen molar-refractivity contribution in [3.05, 3.63) is 17.0 Å². The van der Waals surface area contributed by atoms with E-state index >= 15 is 0 Å². The van der Waals surface area contributed by atoms with E-state index in [4.69, 9.17) is 9.26 Å². The topological polar surface area (TPSA) is 52.3 Å². The molecule has 0 fully saturated rings. The first-order valence-corrected chi connectivity index (χ1v) is 5.70. The van der Waals surface area contributed by atoms with E-state index < -0.39 is 0 Å². The van der Waals surface area contributed by atoms with E-state index in [0.717, 1.165) is 19.3 Å². The zero-order valence-electron chi connectivity index (χ0n) is 10.4. The number of methoxy groups -OCH3 is 1. The van der Waals surface area contributed by atoms with Gasteiger partial charge in [0.15, 0.2) is 5.76 Å². The lowest BCUT2D eigenvalue weighted by molar-refractivity contribution is 0.0596. The summed E-state index contributed by atoms with van der Waals surface area (Å²) in [5.74, 6) is 0.567. The molecule has 0 saturated carbocycles. The third kappa shape index (κ3) is 2.43. The first kappa shape index (κ1) is 12.7. The van der Waals surface area contributed by atoms with E-state index in [2.05, 4.69) is 19.0 Å². The summed E-state index contributed by atoms with van der Waals surface area (Å²) in [6.45, 7) is 5.96. The van der Waals surface area contributed by atoms with E-state index in [1.807, 2.05) is 0 Å². The van der Waals surface area contributed by atoms with Crippen LogP contribution in [0.1, 0.15) is 60.8 Å². The molecule has 0 radical (unpaired) electrons. The summed E-state index contributed by atoms with van der Waals surface area (Å²) in [5.41, 5.74) is 1.11. The lowest BCUT2D eigenvalue weighted by Gasteiger charge is -2.11. The number of aryl methyl sites for hydroxylation is 1. The van der Waals surface area contributed by atoms with Crippen molar-refractivity contribution in [2.75, 3.05) is 7.11 Å². The van der Waals surface area contributed by atoms with Gasteiger partial charge in [-0.15, -0.1) is 0 Å². The maximum absolute atomic E-state index is 11.6. The van der Waals surface area contributed by atoms with Gasteiger partial charge in [-0.25, -0.2) is 4.79 Å². The van der Waals surface area contributed by atoms with Gasteiger partial charge in [-0.3, -0.25) is 0 Å². The quantitative estimate of drug-likeness (QED) is 0.723. The highest BCUT2D eigenvalue weighted by Crippen LogP contribution is 2.29. The second-order valence-electron chi connectivity index (χ2n) is 3.89. The summed E-state index contributed by atoms with van der Waals surface area (Å²) in [5, 5.41) is 3.86. The molecule has 0 saturated heterocycles. The summed E-state index contributed by atoms with van der Waals surface area (Å²) >= 11 is 0. The zero-order valence-corrected chi connectivity index (χ0v) is 10.4. The third-order valence-corrected chi connectivity index (χ3v) is 2.78. The van der Waals surface area contributed by atoms with Crippen LogP contribution in [0.25, 0.3) is 0 Å². The van der Waals surface area contributed by atoms with Crippen LogP contribution in [0.2, 0.25) is 0 Å². The van der Waals surface area contributed by atoms with Gasteiger partial charge in [0.1, 0.15) is 5.56 Å². The number of hydrogen-bond donors (Lipinski definition) is 0. The summed E-state index contributed by atoms with van der Waals surface area (Å²) in [7, 11) is 1.37. The molecule has 1 atom stereocenters. The zero-order chi connectivity index (χ0) is 12.1. The van der Waals surface area contributed by atoms with Crippen LogP contribution in [0, 0.1) is 6.92 Å². The van der Waals surface area contributed by atoms with Crippen LogP contribution < -0.4 is 0 Å². The van der Waals surface area contributed by atoms with Crippen LogP contribution in [0.3, 0.4) is 0 Å². The molecular weight excluding hydrogens is 206 g/mol. The molecule has 4 nitrogen and oxygen atoms in total. The second-order valence-corrected chi connectivity index (χ2v) is 3.89. The monoisotopic (exact) mass is 225 g/mol. The molecule has 1 aromatic heterocycles. The van der Waals surface area contributed by atoms with E-state index in [-0.39, 0.29) is 11.9 Å². The molecule has 0 aliphatic rings. The molecule has 1 rings (SSSR count). The van der Waals surface area contributed by atoms with Crippen LogP contribution in [0.4, 0.5) is 0 Å². The van der Waals surface area contributed by atoms with Gasteiger partial charge in [0, 0.05) is 5.92 Å². The van der Waals surface area contributed by atoms with Crippen LogP contribution in [0.15, 0.2) is 4.52 Å². The summed E-state index contributed by atoms with van der Waals surface area (Å²) in [6, 6.07) is 0. The molecule has 16 heavy (non-hydrogen) atoms. The van der Waals surface area contributed by atoms with Gasteiger partial charge in [0.25, 0.3) is 0 Å². The Labute approximate surface area is 96.0 Å². The van der Waals surface area contributed by atoms with Gasteiger partial charge in [0.05, 0.1) is 12.8 Å². The Morgan fingerprint density at radius 3 is 2.69 bits per heavy atom. The molecule has 4 heteroatoms. The largest absolute Gasteiger partial charge is 0.465 e. The minimum atomic E-state index is -0.358. The Kier molecular flexibility index (Phi) is 4.52. The predicted octanol–water partition coefficient (Wildman–Crippen LogP) is 3.06. The Morgan fingerprint density at radius 2 is 2.19 bits per heavy atom. The lowest BCUT2D eigenvalue weighted by atomic mass is 9.94. The number of nitrogens with zero attached hydrogens (tertiary/aromatic N) is 1. The van der Waals surface area contributed by atoms with Crippen LogP contribution in [-0.4, -0.2) is 18.2 Å². The fourth-order valence-corrected chi connectivity index (χ4v) is 1.89. The fraction of sp³-hybridized carbons (Fsp3) is 0.667. The summed E-state index contributed by atoms with van der Waals surface area (Å²) < 4.78 is 10.0. The number of carbonyl (C=O) groups is 1. The smallest absolute Gasteiger partial charge is 0.343 e. The van der Waals surface area contributed by atoms with E-state index in [1.54, 1.807) is 6.92 Å². The Balaban J connectivity index is 3.07. The van der Waals surface area contributed by atoms with Crippen molar-refractivity contribution in [2.45, 2.75) is 46.0 Å². The lowest BCUT2D eigenvalue weighted by Crippen LogP contribution is -2.08. The van der Waals surface area contributed by atoms with E-state index in [9.17, 15) is 4.79 Å². The average Bonchev–Trinajstić information content (AvgIpc) is 2.67. The van der Waals surface area contributed by atoms with Gasteiger partial charge in [-0.2, -0.15) is 0 Å². The van der Waals surface area contributed by atoms with Crippen LogP contribution in [-0.2, 0) is 4.74 Å². The molecule has 1 heterocycles. The third-order valence-electron chi connectivity index (χ3n) is 2.78. The molecule has 1 unspecified atom stereocenters. The molecule has 1 aromatic rings. The Morgan fingerprint density at radius 1 is 1.50 bits per heavy atom.